The van der Waals surface area contributed by atoms with Crippen molar-refractivity contribution in [1.29, 1.82) is 0 Å². The molecule has 0 radical (unpaired) electrons. The summed E-state index contributed by atoms with van der Waals surface area (Å²) in [6.07, 6.45) is 4.95. The third kappa shape index (κ3) is 1.26. The van der Waals surface area contributed by atoms with Crippen molar-refractivity contribution in [1.82, 2.24) is 9.61 Å². The fourth-order valence-electron chi connectivity index (χ4n) is 1.43. The average molecular weight is 175 g/mol. The van der Waals surface area contributed by atoms with Crippen molar-refractivity contribution in [2.24, 2.45) is 0 Å². The lowest BCUT2D eigenvalue weighted by atomic mass is 10.2. The largest absolute Gasteiger partial charge is 0.385 e. The number of nitrogens with zero attached hydrogens (tertiary/aromatic N) is 2. The first-order chi connectivity index (χ1) is 6.35. The van der Waals surface area contributed by atoms with E-state index in [0.717, 1.165) is 17.6 Å². The van der Waals surface area contributed by atoms with Crippen LogP contribution in [0.15, 0.2) is 24.5 Å². The molecular weight excluding hydrogens is 162 g/mol. The molecule has 0 aliphatic heterocycles. The van der Waals surface area contributed by atoms with Gasteiger partial charge in [0, 0.05) is 13.2 Å². The molecule has 0 atom stereocenters. The molecule has 0 saturated carbocycles. The molecule has 3 heteroatoms. The Balaban J connectivity index is 2.61. The highest BCUT2D eigenvalue weighted by atomic mass is 15.2. The van der Waals surface area contributed by atoms with E-state index in [1.54, 1.807) is 0 Å². The number of hydrogen-bond donors (Lipinski definition) is 1. The first-order valence-corrected chi connectivity index (χ1v) is 4.49. The molecule has 0 aliphatic carbocycles. The van der Waals surface area contributed by atoms with E-state index in [0.29, 0.717) is 0 Å². The molecule has 2 aromatic heterocycles. The minimum absolute atomic E-state index is 1.05. The van der Waals surface area contributed by atoms with E-state index in [1.807, 2.05) is 17.8 Å². The Kier molecular flexibility index (Phi) is 1.93. The van der Waals surface area contributed by atoms with Crippen LogP contribution in [0.4, 0.5) is 5.69 Å². The molecule has 0 amide bonds. The van der Waals surface area contributed by atoms with Crippen LogP contribution in [0.2, 0.25) is 0 Å². The van der Waals surface area contributed by atoms with E-state index in [2.05, 4.69) is 35.7 Å². The number of rotatable bonds is 2. The van der Waals surface area contributed by atoms with Crippen LogP contribution in [0.3, 0.4) is 0 Å². The van der Waals surface area contributed by atoms with Crippen LogP contribution in [0.25, 0.3) is 5.52 Å². The molecule has 0 aromatic carbocycles. The van der Waals surface area contributed by atoms with Crippen molar-refractivity contribution in [2.75, 3.05) is 12.4 Å². The lowest BCUT2D eigenvalue weighted by molar-refractivity contribution is 0.936. The third-order valence-electron chi connectivity index (χ3n) is 2.25. The quantitative estimate of drug-likeness (QED) is 0.755. The molecule has 3 nitrogen and oxygen atoms in total. The van der Waals surface area contributed by atoms with Crippen LogP contribution in [-0.4, -0.2) is 16.7 Å². The van der Waals surface area contributed by atoms with Gasteiger partial charge in [0.15, 0.2) is 0 Å². The first kappa shape index (κ1) is 8.10. The van der Waals surface area contributed by atoms with Crippen molar-refractivity contribution in [3.8, 4) is 0 Å². The van der Waals surface area contributed by atoms with Gasteiger partial charge in [-0.2, -0.15) is 5.10 Å². The Morgan fingerprint density at radius 3 is 3.00 bits per heavy atom. The normalized spacial score (nSPS) is 10.6. The van der Waals surface area contributed by atoms with Gasteiger partial charge in [-0.1, -0.05) is 13.0 Å². The van der Waals surface area contributed by atoms with Gasteiger partial charge in [0.2, 0.25) is 0 Å². The van der Waals surface area contributed by atoms with Crippen LogP contribution >= 0.6 is 0 Å². The summed E-state index contributed by atoms with van der Waals surface area (Å²) in [4.78, 5) is 0. The second kappa shape index (κ2) is 3.09. The van der Waals surface area contributed by atoms with E-state index < -0.39 is 0 Å². The van der Waals surface area contributed by atoms with Gasteiger partial charge < -0.3 is 5.32 Å². The minimum Gasteiger partial charge on any atom is -0.385 e. The van der Waals surface area contributed by atoms with Crippen molar-refractivity contribution in [3.63, 3.8) is 0 Å². The number of hydrogen-bond acceptors (Lipinski definition) is 2. The van der Waals surface area contributed by atoms with Gasteiger partial charge in [0.1, 0.15) is 0 Å². The van der Waals surface area contributed by atoms with Gasteiger partial charge >= 0.3 is 0 Å². The summed E-state index contributed by atoms with van der Waals surface area (Å²) in [5.41, 5.74) is 3.50. The fraction of sp³-hybridized carbons (Fsp3) is 0.300. The molecule has 2 aromatic rings. The van der Waals surface area contributed by atoms with Crippen LogP contribution in [0.1, 0.15) is 12.5 Å². The van der Waals surface area contributed by atoms with E-state index in [1.165, 1.54) is 5.56 Å². The minimum atomic E-state index is 1.05. The van der Waals surface area contributed by atoms with Crippen molar-refractivity contribution in [2.45, 2.75) is 13.3 Å². The summed E-state index contributed by atoms with van der Waals surface area (Å²) in [5, 5.41) is 7.36. The summed E-state index contributed by atoms with van der Waals surface area (Å²) >= 11 is 0. The summed E-state index contributed by atoms with van der Waals surface area (Å²) in [5.74, 6) is 0. The summed E-state index contributed by atoms with van der Waals surface area (Å²) in [6.45, 7) is 2.14. The van der Waals surface area contributed by atoms with Gasteiger partial charge in [0.05, 0.1) is 17.4 Å². The van der Waals surface area contributed by atoms with E-state index in [4.69, 9.17) is 0 Å². The molecule has 0 fully saturated rings. The lowest BCUT2D eigenvalue weighted by Crippen LogP contribution is -1.91. The molecule has 0 bridgehead atoms. The highest BCUT2D eigenvalue weighted by Gasteiger charge is 2.00. The molecule has 0 unspecified atom stereocenters. The zero-order valence-corrected chi connectivity index (χ0v) is 7.91. The van der Waals surface area contributed by atoms with Gasteiger partial charge in [0.25, 0.3) is 0 Å². The molecule has 13 heavy (non-hydrogen) atoms. The Labute approximate surface area is 77.4 Å². The number of fused-ring (bicyclic) bond motifs is 1. The number of pyridine rings is 1. The highest BCUT2D eigenvalue weighted by molar-refractivity contribution is 5.70. The maximum Gasteiger partial charge on any atom is 0.0893 e. The summed E-state index contributed by atoms with van der Waals surface area (Å²) in [6, 6.07) is 4.23. The fourth-order valence-corrected chi connectivity index (χ4v) is 1.43. The van der Waals surface area contributed by atoms with Gasteiger partial charge in [-0.25, -0.2) is 4.52 Å². The SMILES string of the molecule is CCc1ccc2c(NC)cnn2c1. The Bertz CT molecular complexity index is 417. The van der Waals surface area contributed by atoms with Gasteiger partial charge in [-0.15, -0.1) is 0 Å². The second-order valence-corrected chi connectivity index (χ2v) is 3.03. The maximum absolute atomic E-state index is 4.25. The number of aromatic nitrogens is 2. The second-order valence-electron chi connectivity index (χ2n) is 3.03. The highest BCUT2D eigenvalue weighted by Crippen LogP contribution is 2.16. The number of anilines is 1. The first-order valence-electron chi connectivity index (χ1n) is 4.49. The Morgan fingerprint density at radius 2 is 2.31 bits per heavy atom. The molecule has 0 spiro atoms. The molecular formula is C10H13N3. The smallest absolute Gasteiger partial charge is 0.0893 e. The molecule has 0 aliphatic rings. The van der Waals surface area contributed by atoms with Crippen LogP contribution < -0.4 is 5.32 Å². The van der Waals surface area contributed by atoms with E-state index in [-0.39, 0.29) is 0 Å². The predicted octanol–water partition coefficient (Wildman–Crippen LogP) is 1.94. The lowest BCUT2D eigenvalue weighted by Gasteiger charge is -1.99. The van der Waals surface area contributed by atoms with Crippen LogP contribution in [-0.2, 0) is 6.42 Å². The maximum atomic E-state index is 4.25. The van der Waals surface area contributed by atoms with Crippen molar-refractivity contribution >= 4 is 11.2 Å². The number of aryl methyl sites for hydroxylation is 1. The van der Waals surface area contributed by atoms with E-state index >= 15 is 0 Å². The van der Waals surface area contributed by atoms with Gasteiger partial charge in [-0.3, -0.25) is 0 Å². The van der Waals surface area contributed by atoms with Crippen molar-refractivity contribution in [3.05, 3.63) is 30.1 Å². The predicted molar refractivity (Wildman–Crippen MR) is 54.1 cm³/mol. The monoisotopic (exact) mass is 175 g/mol. The van der Waals surface area contributed by atoms with Crippen LogP contribution in [0.5, 0.6) is 0 Å². The summed E-state index contributed by atoms with van der Waals surface area (Å²) in [7, 11) is 1.91. The molecule has 2 heterocycles. The van der Waals surface area contributed by atoms with Crippen molar-refractivity contribution < 1.29 is 0 Å². The molecule has 2 rings (SSSR count). The summed E-state index contributed by atoms with van der Waals surface area (Å²) < 4.78 is 1.91. The average Bonchev–Trinajstić information content (AvgIpc) is 2.59. The zero-order valence-electron chi connectivity index (χ0n) is 7.91. The zero-order chi connectivity index (χ0) is 9.26. The third-order valence-corrected chi connectivity index (χ3v) is 2.25. The van der Waals surface area contributed by atoms with Gasteiger partial charge in [-0.05, 0) is 18.1 Å². The topological polar surface area (TPSA) is 29.3 Å². The Hall–Kier alpha value is -1.51. The number of nitrogens with one attached hydrogen (secondary N) is 1. The Morgan fingerprint density at radius 1 is 1.46 bits per heavy atom. The molecule has 1 N–H and O–H groups in total. The van der Waals surface area contributed by atoms with E-state index in [9.17, 15) is 0 Å². The molecule has 0 saturated heterocycles. The standard InChI is InChI=1S/C10H13N3/c1-3-8-4-5-10-9(11-2)6-12-13(10)7-8/h4-7,11H,3H2,1-2H3. The molecule has 68 valence electrons. The van der Waals surface area contributed by atoms with Crippen LogP contribution in [0, 0.1) is 0 Å².